The Morgan fingerprint density at radius 3 is 2.69 bits per heavy atom. The molecule has 0 radical (unpaired) electrons. The summed E-state index contributed by atoms with van der Waals surface area (Å²) < 4.78 is 6.13. The fourth-order valence-electron chi connectivity index (χ4n) is 4.57. The SMILES string of the molecule is CN=C(NCc1nc(-c2ccccc2)cs1)N1CC2OCCN(Cc3ccccc3)C2C1. The van der Waals surface area contributed by atoms with E-state index in [2.05, 4.69) is 68.0 Å². The van der Waals surface area contributed by atoms with Gasteiger partial charge in [-0.15, -0.1) is 11.3 Å². The Bertz CT molecular complexity index is 1040. The van der Waals surface area contributed by atoms with Crippen molar-refractivity contribution in [2.45, 2.75) is 25.2 Å². The number of hydrogen-bond donors (Lipinski definition) is 1. The fourth-order valence-corrected chi connectivity index (χ4v) is 5.31. The highest BCUT2D eigenvalue weighted by Gasteiger charge is 2.41. The minimum atomic E-state index is 0.218. The number of benzene rings is 2. The van der Waals surface area contributed by atoms with E-state index in [1.807, 2.05) is 25.2 Å². The Morgan fingerprint density at radius 1 is 1.12 bits per heavy atom. The van der Waals surface area contributed by atoms with Gasteiger partial charge in [0, 0.05) is 44.2 Å². The van der Waals surface area contributed by atoms with E-state index < -0.39 is 0 Å². The fraction of sp³-hybridized carbons (Fsp3) is 0.360. The number of fused-ring (bicyclic) bond motifs is 1. The Hall–Kier alpha value is -2.74. The number of likely N-dealkylation sites (tertiary alicyclic amines) is 1. The highest BCUT2D eigenvalue weighted by Crippen LogP contribution is 2.25. The second-order valence-corrected chi connectivity index (χ2v) is 9.17. The van der Waals surface area contributed by atoms with Crippen LogP contribution >= 0.6 is 11.3 Å². The van der Waals surface area contributed by atoms with Gasteiger partial charge in [0.2, 0.25) is 0 Å². The predicted molar refractivity (Wildman–Crippen MR) is 130 cm³/mol. The number of nitrogens with zero attached hydrogens (tertiary/aromatic N) is 4. The quantitative estimate of drug-likeness (QED) is 0.480. The third-order valence-corrected chi connectivity index (χ3v) is 7.02. The highest BCUT2D eigenvalue weighted by molar-refractivity contribution is 7.09. The van der Waals surface area contributed by atoms with Gasteiger partial charge in [0.25, 0.3) is 0 Å². The molecule has 3 heterocycles. The van der Waals surface area contributed by atoms with Crippen LogP contribution in [-0.4, -0.2) is 66.2 Å². The molecule has 0 saturated carbocycles. The molecular formula is C25H29N5OS. The molecule has 166 valence electrons. The lowest BCUT2D eigenvalue weighted by atomic mass is 10.1. The van der Waals surface area contributed by atoms with Crippen LogP contribution in [0.25, 0.3) is 11.3 Å². The molecule has 2 atom stereocenters. The second kappa shape index (κ2) is 9.81. The summed E-state index contributed by atoms with van der Waals surface area (Å²) in [5.41, 5.74) is 3.53. The Morgan fingerprint density at radius 2 is 1.91 bits per heavy atom. The van der Waals surface area contributed by atoms with E-state index in [4.69, 9.17) is 9.72 Å². The van der Waals surface area contributed by atoms with Crippen LogP contribution in [0.4, 0.5) is 0 Å². The van der Waals surface area contributed by atoms with Gasteiger partial charge < -0.3 is 15.0 Å². The maximum absolute atomic E-state index is 6.13. The molecule has 0 bridgehead atoms. The van der Waals surface area contributed by atoms with Gasteiger partial charge in [-0.25, -0.2) is 4.98 Å². The van der Waals surface area contributed by atoms with Gasteiger partial charge in [0.15, 0.2) is 5.96 Å². The number of guanidine groups is 1. The Balaban J connectivity index is 1.20. The molecule has 2 aliphatic rings. The summed E-state index contributed by atoms with van der Waals surface area (Å²) in [4.78, 5) is 14.2. The summed E-state index contributed by atoms with van der Waals surface area (Å²) in [6.45, 7) is 5.18. The lowest BCUT2D eigenvalue weighted by molar-refractivity contribution is -0.0502. The van der Waals surface area contributed by atoms with E-state index in [0.29, 0.717) is 12.6 Å². The summed E-state index contributed by atoms with van der Waals surface area (Å²) in [6.07, 6.45) is 0.218. The Labute approximate surface area is 193 Å². The molecule has 2 unspecified atom stereocenters. The third-order valence-electron chi connectivity index (χ3n) is 6.18. The van der Waals surface area contributed by atoms with Gasteiger partial charge >= 0.3 is 0 Å². The molecule has 2 fully saturated rings. The third kappa shape index (κ3) is 4.70. The molecule has 7 heteroatoms. The highest BCUT2D eigenvalue weighted by atomic mass is 32.1. The van der Waals surface area contributed by atoms with Crippen molar-refractivity contribution in [1.82, 2.24) is 20.1 Å². The second-order valence-electron chi connectivity index (χ2n) is 8.23. The van der Waals surface area contributed by atoms with E-state index in [9.17, 15) is 0 Å². The number of ether oxygens (including phenoxy) is 1. The van der Waals surface area contributed by atoms with E-state index in [0.717, 1.165) is 55.0 Å². The first-order valence-electron chi connectivity index (χ1n) is 11.1. The number of aliphatic imine (C=N–C) groups is 1. The van der Waals surface area contributed by atoms with Gasteiger partial charge in [-0.05, 0) is 5.56 Å². The molecule has 32 heavy (non-hydrogen) atoms. The average Bonchev–Trinajstić information content (AvgIpc) is 3.49. The first-order chi connectivity index (χ1) is 15.8. The Kier molecular flexibility index (Phi) is 6.48. The summed E-state index contributed by atoms with van der Waals surface area (Å²) in [5, 5.41) is 6.70. The van der Waals surface area contributed by atoms with Crippen LogP contribution < -0.4 is 5.32 Å². The van der Waals surface area contributed by atoms with Crippen LogP contribution in [0.3, 0.4) is 0 Å². The first-order valence-corrected chi connectivity index (χ1v) is 12.0. The molecule has 6 nitrogen and oxygen atoms in total. The van der Waals surface area contributed by atoms with E-state index >= 15 is 0 Å². The molecule has 1 N–H and O–H groups in total. The number of hydrogen-bond acceptors (Lipinski definition) is 5. The van der Waals surface area contributed by atoms with Crippen LogP contribution in [0, 0.1) is 0 Å². The van der Waals surface area contributed by atoms with E-state index in [-0.39, 0.29) is 6.10 Å². The summed E-state index contributed by atoms with van der Waals surface area (Å²) in [5.74, 6) is 0.916. The van der Waals surface area contributed by atoms with Gasteiger partial charge in [-0.3, -0.25) is 9.89 Å². The number of nitrogens with one attached hydrogen (secondary N) is 1. The van der Waals surface area contributed by atoms with Crippen molar-refractivity contribution in [3.8, 4) is 11.3 Å². The summed E-state index contributed by atoms with van der Waals surface area (Å²) >= 11 is 1.68. The van der Waals surface area contributed by atoms with E-state index in [1.54, 1.807) is 11.3 Å². The molecule has 0 spiro atoms. The maximum Gasteiger partial charge on any atom is 0.194 e. The van der Waals surface area contributed by atoms with Gasteiger partial charge in [0.1, 0.15) is 5.01 Å². The molecule has 0 amide bonds. The van der Waals surface area contributed by atoms with Crippen molar-refractivity contribution in [2.24, 2.45) is 4.99 Å². The normalized spacial score (nSPS) is 21.5. The molecule has 2 aliphatic heterocycles. The van der Waals surface area contributed by atoms with Crippen molar-refractivity contribution in [3.05, 3.63) is 76.6 Å². The molecule has 2 aromatic carbocycles. The van der Waals surface area contributed by atoms with Gasteiger partial charge in [0.05, 0.1) is 31.0 Å². The van der Waals surface area contributed by atoms with Crippen molar-refractivity contribution in [3.63, 3.8) is 0 Å². The van der Waals surface area contributed by atoms with Crippen LogP contribution in [0.1, 0.15) is 10.6 Å². The van der Waals surface area contributed by atoms with Crippen molar-refractivity contribution in [1.29, 1.82) is 0 Å². The monoisotopic (exact) mass is 447 g/mol. The predicted octanol–water partition coefficient (Wildman–Crippen LogP) is 3.47. The summed E-state index contributed by atoms with van der Waals surface area (Å²) in [7, 11) is 1.85. The van der Waals surface area contributed by atoms with Crippen molar-refractivity contribution in [2.75, 3.05) is 33.3 Å². The number of morpholine rings is 1. The largest absolute Gasteiger partial charge is 0.373 e. The smallest absolute Gasteiger partial charge is 0.194 e. The van der Waals surface area contributed by atoms with Crippen LogP contribution in [0.2, 0.25) is 0 Å². The molecule has 1 aromatic heterocycles. The average molecular weight is 448 g/mol. The van der Waals surface area contributed by atoms with E-state index in [1.165, 1.54) is 5.56 Å². The zero-order chi connectivity index (χ0) is 21.8. The first kappa shape index (κ1) is 21.1. The maximum atomic E-state index is 6.13. The minimum Gasteiger partial charge on any atom is -0.373 e. The number of thiazole rings is 1. The summed E-state index contributed by atoms with van der Waals surface area (Å²) in [6, 6.07) is 21.4. The standard InChI is InChI=1S/C25H29N5OS/c1-26-25(27-14-24-28-21(18-32-24)20-10-6-3-7-11-20)30-16-22-23(17-30)31-13-12-29(22)15-19-8-4-2-5-9-19/h2-11,18,22-23H,12-17H2,1H3,(H,26,27). The van der Waals surface area contributed by atoms with Crippen molar-refractivity contribution < 1.29 is 4.74 Å². The van der Waals surface area contributed by atoms with Crippen LogP contribution in [0.5, 0.6) is 0 Å². The molecule has 5 rings (SSSR count). The number of aromatic nitrogens is 1. The topological polar surface area (TPSA) is 53.0 Å². The molecule has 0 aliphatic carbocycles. The zero-order valence-electron chi connectivity index (χ0n) is 18.4. The lowest BCUT2D eigenvalue weighted by Crippen LogP contribution is -2.50. The number of rotatable bonds is 5. The van der Waals surface area contributed by atoms with Gasteiger partial charge in [-0.1, -0.05) is 60.7 Å². The zero-order valence-corrected chi connectivity index (χ0v) is 19.2. The van der Waals surface area contributed by atoms with Crippen LogP contribution in [-0.2, 0) is 17.8 Å². The minimum absolute atomic E-state index is 0.218. The lowest BCUT2D eigenvalue weighted by Gasteiger charge is -2.36. The van der Waals surface area contributed by atoms with Crippen molar-refractivity contribution >= 4 is 17.3 Å². The van der Waals surface area contributed by atoms with Gasteiger partial charge in [-0.2, -0.15) is 0 Å². The van der Waals surface area contributed by atoms with Crippen LogP contribution in [0.15, 0.2) is 71.0 Å². The molecule has 3 aromatic rings. The molecule has 2 saturated heterocycles. The molecular weight excluding hydrogens is 418 g/mol.